The molecule has 0 bridgehead atoms. The SMILES string of the molecule is CC[C@H](O)[C@H]1C[C@@H](O)CN1S(=O)(=O)c1ccc(C)cc1. The zero-order valence-electron chi connectivity index (χ0n) is 11.7. The molecular weight excluding hydrogens is 278 g/mol. The van der Waals surface area contributed by atoms with E-state index in [1.54, 1.807) is 31.2 Å². The van der Waals surface area contributed by atoms with Crippen molar-refractivity contribution in [2.24, 2.45) is 0 Å². The molecule has 0 spiro atoms. The zero-order chi connectivity index (χ0) is 14.9. The summed E-state index contributed by atoms with van der Waals surface area (Å²) in [7, 11) is -3.68. The molecule has 0 amide bonds. The number of hydrogen-bond donors (Lipinski definition) is 2. The summed E-state index contributed by atoms with van der Waals surface area (Å²) in [6.45, 7) is 3.73. The lowest BCUT2D eigenvalue weighted by atomic mass is 10.1. The summed E-state index contributed by atoms with van der Waals surface area (Å²) >= 11 is 0. The van der Waals surface area contributed by atoms with Gasteiger partial charge in [-0.15, -0.1) is 0 Å². The molecule has 112 valence electrons. The molecule has 0 aromatic heterocycles. The summed E-state index contributed by atoms with van der Waals surface area (Å²) in [4.78, 5) is 0.200. The van der Waals surface area contributed by atoms with Gasteiger partial charge in [0.2, 0.25) is 10.0 Å². The third kappa shape index (κ3) is 2.88. The van der Waals surface area contributed by atoms with E-state index in [9.17, 15) is 18.6 Å². The molecular formula is C14H21NO4S. The molecule has 0 aliphatic carbocycles. The highest BCUT2D eigenvalue weighted by Crippen LogP contribution is 2.29. The Kier molecular flexibility index (Phi) is 4.49. The Bertz CT molecular complexity index is 555. The van der Waals surface area contributed by atoms with Gasteiger partial charge in [0.1, 0.15) is 0 Å². The van der Waals surface area contributed by atoms with Crippen LogP contribution in [0, 0.1) is 6.92 Å². The first-order valence-electron chi connectivity index (χ1n) is 6.81. The Labute approximate surface area is 119 Å². The molecule has 1 heterocycles. The average Bonchev–Trinajstić information content (AvgIpc) is 2.81. The molecule has 5 nitrogen and oxygen atoms in total. The molecule has 2 N–H and O–H groups in total. The highest BCUT2D eigenvalue weighted by Gasteiger charge is 2.42. The van der Waals surface area contributed by atoms with Crippen molar-refractivity contribution >= 4 is 10.0 Å². The molecule has 3 atom stereocenters. The van der Waals surface area contributed by atoms with Crippen LogP contribution in [0.25, 0.3) is 0 Å². The highest BCUT2D eigenvalue weighted by molar-refractivity contribution is 7.89. The van der Waals surface area contributed by atoms with E-state index in [1.165, 1.54) is 4.31 Å². The maximum atomic E-state index is 12.6. The molecule has 0 unspecified atom stereocenters. The quantitative estimate of drug-likeness (QED) is 0.865. The first kappa shape index (κ1) is 15.4. The summed E-state index contributed by atoms with van der Waals surface area (Å²) in [5.74, 6) is 0. The maximum absolute atomic E-state index is 12.6. The molecule has 1 aliphatic heterocycles. The number of aliphatic hydroxyl groups excluding tert-OH is 2. The first-order valence-corrected chi connectivity index (χ1v) is 8.25. The predicted octanol–water partition coefficient (Wildman–Crippen LogP) is 0.890. The Morgan fingerprint density at radius 1 is 1.35 bits per heavy atom. The summed E-state index contributed by atoms with van der Waals surface area (Å²) in [5.41, 5.74) is 0.982. The van der Waals surface area contributed by atoms with Crippen LogP contribution in [0.2, 0.25) is 0 Å². The van der Waals surface area contributed by atoms with Crippen molar-refractivity contribution < 1.29 is 18.6 Å². The van der Waals surface area contributed by atoms with Gasteiger partial charge in [0, 0.05) is 6.54 Å². The molecule has 1 saturated heterocycles. The predicted molar refractivity (Wildman–Crippen MR) is 75.8 cm³/mol. The summed E-state index contributed by atoms with van der Waals surface area (Å²) in [6, 6.07) is 6.05. The number of aliphatic hydroxyl groups is 2. The Morgan fingerprint density at radius 3 is 2.50 bits per heavy atom. The van der Waals surface area contributed by atoms with Crippen molar-refractivity contribution in [3.05, 3.63) is 29.8 Å². The molecule has 6 heteroatoms. The van der Waals surface area contributed by atoms with Gasteiger partial charge in [0.25, 0.3) is 0 Å². The second kappa shape index (κ2) is 5.81. The molecule has 1 aliphatic rings. The lowest BCUT2D eigenvalue weighted by Crippen LogP contribution is -2.42. The van der Waals surface area contributed by atoms with Gasteiger partial charge in [-0.3, -0.25) is 0 Å². The van der Waals surface area contributed by atoms with Gasteiger partial charge in [-0.1, -0.05) is 24.6 Å². The van der Waals surface area contributed by atoms with E-state index in [4.69, 9.17) is 0 Å². The van der Waals surface area contributed by atoms with E-state index in [1.807, 2.05) is 6.92 Å². The lowest BCUT2D eigenvalue weighted by Gasteiger charge is -2.27. The van der Waals surface area contributed by atoms with Crippen LogP contribution in [0.5, 0.6) is 0 Å². The van der Waals surface area contributed by atoms with Crippen molar-refractivity contribution in [1.29, 1.82) is 0 Å². The number of rotatable bonds is 4. The van der Waals surface area contributed by atoms with E-state index in [2.05, 4.69) is 0 Å². The number of aryl methyl sites for hydroxylation is 1. The number of benzene rings is 1. The van der Waals surface area contributed by atoms with Gasteiger partial charge in [-0.05, 0) is 31.9 Å². The van der Waals surface area contributed by atoms with Gasteiger partial charge in [-0.2, -0.15) is 4.31 Å². The van der Waals surface area contributed by atoms with Gasteiger partial charge in [0.05, 0.1) is 23.1 Å². The van der Waals surface area contributed by atoms with Crippen LogP contribution in [-0.4, -0.2) is 47.7 Å². The summed E-state index contributed by atoms with van der Waals surface area (Å²) in [6.07, 6.45) is -0.744. The van der Waals surface area contributed by atoms with Crippen molar-refractivity contribution in [3.8, 4) is 0 Å². The monoisotopic (exact) mass is 299 g/mol. The fraction of sp³-hybridized carbons (Fsp3) is 0.571. The van der Waals surface area contributed by atoms with Crippen molar-refractivity contribution in [1.82, 2.24) is 4.31 Å². The second-order valence-corrected chi connectivity index (χ2v) is 7.21. The topological polar surface area (TPSA) is 77.8 Å². The zero-order valence-corrected chi connectivity index (χ0v) is 12.5. The van der Waals surface area contributed by atoms with Crippen LogP contribution in [0.1, 0.15) is 25.3 Å². The van der Waals surface area contributed by atoms with E-state index >= 15 is 0 Å². The smallest absolute Gasteiger partial charge is 0.243 e. The number of nitrogens with zero attached hydrogens (tertiary/aromatic N) is 1. The van der Waals surface area contributed by atoms with Gasteiger partial charge in [-0.25, -0.2) is 8.42 Å². The first-order chi connectivity index (χ1) is 9.36. The largest absolute Gasteiger partial charge is 0.392 e. The number of sulfonamides is 1. The molecule has 1 fully saturated rings. The third-order valence-corrected chi connectivity index (χ3v) is 5.67. The Hall–Kier alpha value is -0.950. The standard InChI is InChI=1S/C14H21NO4S/c1-3-14(17)13-8-11(16)9-15(13)20(18,19)12-6-4-10(2)5-7-12/h4-7,11,13-14,16-17H,3,8-9H2,1-2H3/t11-,13-,14+/m1/s1. The molecule has 2 rings (SSSR count). The fourth-order valence-electron chi connectivity index (χ4n) is 2.56. The van der Waals surface area contributed by atoms with Gasteiger partial charge >= 0.3 is 0 Å². The normalized spacial score (nSPS) is 25.8. The molecule has 0 radical (unpaired) electrons. The number of hydrogen-bond acceptors (Lipinski definition) is 4. The fourth-order valence-corrected chi connectivity index (χ4v) is 4.26. The third-order valence-electron chi connectivity index (χ3n) is 3.76. The minimum Gasteiger partial charge on any atom is -0.392 e. The van der Waals surface area contributed by atoms with Gasteiger partial charge < -0.3 is 10.2 Å². The molecule has 0 saturated carbocycles. The van der Waals surface area contributed by atoms with Crippen LogP contribution in [-0.2, 0) is 10.0 Å². The second-order valence-electron chi connectivity index (χ2n) is 5.32. The molecule has 20 heavy (non-hydrogen) atoms. The number of β-amino-alcohol motifs (C(OH)–C–C–N with tert-alkyl or cyclic N) is 1. The Balaban J connectivity index is 2.34. The van der Waals surface area contributed by atoms with E-state index in [-0.39, 0.29) is 17.9 Å². The molecule has 1 aromatic carbocycles. The van der Waals surface area contributed by atoms with E-state index in [0.29, 0.717) is 6.42 Å². The van der Waals surface area contributed by atoms with Crippen LogP contribution in [0.15, 0.2) is 29.2 Å². The maximum Gasteiger partial charge on any atom is 0.243 e. The minimum absolute atomic E-state index is 0.0396. The highest BCUT2D eigenvalue weighted by atomic mass is 32.2. The van der Waals surface area contributed by atoms with Crippen molar-refractivity contribution in [3.63, 3.8) is 0 Å². The summed E-state index contributed by atoms with van der Waals surface area (Å²) < 4.78 is 26.5. The van der Waals surface area contributed by atoms with Crippen molar-refractivity contribution in [2.75, 3.05) is 6.54 Å². The average molecular weight is 299 g/mol. The van der Waals surface area contributed by atoms with E-state index in [0.717, 1.165) is 5.56 Å². The van der Waals surface area contributed by atoms with Crippen LogP contribution in [0.3, 0.4) is 0 Å². The summed E-state index contributed by atoms with van der Waals surface area (Å²) in [5, 5.41) is 19.7. The Morgan fingerprint density at radius 2 is 1.95 bits per heavy atom. The van der Waals surface area contributed by atoms with Gasteiger partial charge in [0.15, 0.2) is 0 Å². The minimum atomic E-state index is -3.68. The van der Waals surface area contributed by atoms with Crippen LogP contribution < -0.4 is 0 Å². The molecule has 1 aromatic rings. The van der Waals surface area contributed by atoms with Crippen molar-refractivity contribution in [2.45, 2.75) is 49.8 Å². The lowest BCUT2D eigenvalue weighted by molar-refractivity contribution is 0.100. The van der Waals surface area contributed by atoms with Crippen LogP contribution in [0.4, 0.5) is 0 Å². The van der Waals surface area contributed by atoms with E-state index < -0.39 is 28.3 Å². The van der Waals surface area contributed by atoms with Crippen LogP contribution >= 0.6 is 0 Å².